The van der Waals surface area contributed by atoms with E-state index in [1.54, 1.807) is 6.08 Å². The van der Waals surface area contributed by atoms with Gasteiger partial charge in [-0.2, -0.15) is 0 Å². The molecule has 2 N–H and O–H groups in total. The second kappa shape index (κ2) is 3.25. The molecule has 1 aliphatic carbocycles. The van der Waals surface area contributed by atoms with Gasteiger partial charge in [0.05, 0.1) is 12.2 Å². The van der Waals surface area contributed by atoms with E-state index >= 15 is 0 Å². The standard InChI is InChI=1S/C8H9FN/c9-8-3-1-7(2-4-8)5-6-10/h1,3-4H,5-6,10H2/q+1. The van der Waals surface area contributed by atoms with Crippen LogP contribution in [0, 0.1) is 6.08 Å². The van der Waals surface area contributed by atoms with E-state index in [-0.39, 0.29) is 5.83 Å². The van der Waals surface area contributed by atoms with E-state index in [0.717, 1.165) is 12.0 Å². The molecule has 0 aromatic rings. The first kappa shape index (κ1) is 7.13. The molecule has 0 bridgehead atoms. The lowest BCUT2D eigenvalue weighted by Gasteiger charge is -1.90. The Kier molecular flexibility index (Phi) is 2.32. The predicted molar refractivity (Wildman–Crippen MR) is 38.8 cm³/mol. The third kappa shape index (κ3) is 1.76. The van der Waals surface area contributed by atoms with Gasteiger partial charge >= 0.3 is 0 Å². The van der Waals surface area contributed by atoms with E-state index in [4.69, 9.17) is 5.73 Å². The molecule has 0 aliphatic heterocycles. The smallest absolute Gasteiger partial charge is 0.240 e. The Morgan fingerprint density at radius 1 is 1.50 bits per heavy atom. The van der Waals surface area contributed by atoms with Gasteiger partial charge in [0.15, 0.2) is 0 Å². The van der Waals surface area contributed by atoms with Crippen molar-refractivity contribution < 1.29 is 4.39 Å². The molecule has 0 heterocycles. The summed E-state index contributed by atoms with van der Waals surface area (Å²) in [5.74, 6) is -0.249. The highest BCUT2D eigenvalue weighted by Crippen LogP contribution is 2.11. The highest BCUT2D eigenvalue weighted by atomic mass is 19.1. The lowest BCUT2D eigenvalue weighted by atomic mass is 10.1. The molecule has 0 aromatic heterocycles. The van der Waals surface area contributed by atoms with E-state index in [2.05, 4.69) is 6.08 Å². The fourth-order valence-corrected chi connectivity index (χ4v) is 0.749. The maximum Gasteiger partial charge on any atom is 0.240 e. The van der Waals surface area contributed by atoms with Crippen LogP contribution >= 0.6 is 0 Å². The summed E-state index contributed by atoms with van der Waals surface area (Å²) >= 11 is 0. The van der Waals surface area contributed by atoms with Crippen molar-refractivity contribution in [1.29, 1.82) is 0 Å². The third-order valence-electron chi connectivity index (χ3n) is 1.25. The summed E-state index contributed by atoms with van der Waals surface area (Å²) in [6.45, 7) is 0.585. The lowest BCUT2D eigenvalue weighted by molar-refractivity contribution is 0.664. The average Bonchev–Trinajstić information content (AvgIpc) is 1.95. The van der Waals surface area contributed by atoms with Gasteiger partial charge in [0.2, 0.25) is 5.83 Å². The second-order valence-corrected chi connectivity index (χ2v) is 2.07. The maximum absolute atomic E-state index is 12.3. The van der Waals surface area contributed by atoms with Crippen molar-refractivity contribution in [2.45, 2.75) is 6.42 Å². The van der Waals surface area contributed by atoms with Crippen molar-refractivity contribution in [1.82, 2.24) is 0 Å². The van der Waals surface area contributed by atoms with Gasteiger partial charge in [-0.25, -0.2) is 0 Å². The van der Waals surface area contributed by atoms with Crippen LogP contribution in [0.2, 0.25) is 0 Å². The molecule has 0 aromatic carbocycles. The topological polar surface area (TPSA) is 26.0 Å². The Labute approximate surface area is 59.7 Å². The molecule has 1 nitrogen and oxygen atoms in total. The van der Waals surface area contributed by atoms with Crippen LogP contribution in [0.3, 0.4) is 0 Å². The molecular formula is C8H9FN+. The minimum atomic E-state index is -0.249. The molecule has 0 spiro atoms. The van der Waals surface area contributed by atoms with E-state index in [1.807, 2.05) is 0 Å². The number of halogens is 1. The Morgan fingerprint density at radius 3 is 2.80 bits per heavy atom. The maximum atomic E-state index is 12.3. The van der Waals surface area contributed by atoms with Gasteiger partial charge < -0.3 is 5.73 Å². The molecular weight excluding hydrogens is 129 g/mol. The van der Waals surface area contributed by atoms with Crippen molar-refractivity contribution in [2.75, 3.05) is 6.54 Å². The summed E-state index contributed by atoms with van der Waals surface area (Å²) in [5.41, 5.74) is 6.25. The summed E-state index contributed by atoms with van der Waals surface area (Å²) in [6.07, 6.45) is 7.99. The molecule has 0 saturated carbocycles. The fourth-order valence-electron chi connectivity index (χ4n) is 0.749. The van der Waals surface area contributed by atoms with Crippen LogP contribution in [0.4, 0.5) is 4.39 Å². The highest BCUT2D eigenvalue weighted by molar-refractivity contribution is 5.31. The average molecular weight is 138 g/mol. The molecule has 0 unspecified atom stereocenters. The van der Waals surface area contributed by atoms with Gasteiger partial charge in [-0.15, -0.1) is 4.39 Å². The molecule has 0 saturated heterocycles. The van der Waals surface area contributed by atoms with E-state index < -0.39 is 0 Å². The number of nitrogens with two attached hydrogens (primary N) is 1. The van der Waals surface area contributed by atoms with Crippen LogP contribution in [0.15, 0.2) is 29.6 Å². The zero-order chi connectivity index (χ0) is 7.40. The van der Waals surface area contributed by atoms with Gasteiger partial charge in [0.25, 0.3) is 0 Å². The van der Waals surface area contributed by atoms with Crippen molar-refractivity contribution in [3.63, 3.8) is 0 Å². The first-order valence-corrected chi connectivity index (χ1v) is 3.19. The molecule has 0 radical (unpaired) electrons. The Balaban J connectivity index is 2.59. The normalized spacial score (nSPS) is 15.8. The van der Waals surface area contributed by atoms with Crippen molar-refractivity contribution >= 4 is 0 Å². The Hall–Kier alpha value is -0.980. The van der Waals surface area contributed by atoms with Gasteiger partial charge in [0.1, 0.15) is 11.6 Å². The SMILES string of the molecule is NCCC1=[C+]C=C(F)C=C1. The summed E-state index contributed by atoms with van der Waals surface area (Å²) in [6, 6.07) is 0. The molecule has 1 rings (SSSR count). The first-order valence-electron chi connectivity index (χ1n) is 3.19. The van der Waals surface area contributed by atoms with Crippen LogP contribution in [-0.2, 0) is 0 Å². The minimum Gasteiger partial charge on any atom is -0.330 e. The van der Waals surface area contributed by atoms with Crippen molar-refractivity contribution in [3.05, 3.63) is 35.7 Å². The molecule has 2 heteroatoms. The molecule has 52 valence electrons. The van der Waals surface area contributed by atoms with Gasteiger partial charge in [0, 0.05) is 12.5 Å². The largest absolute Gasteiger partial charge is 0.330 e. The number of allylic oxidation sites excluding steroid dienone is 5. The Morgan fingerprint density at radius 2 is 2.30 bits per heavy atom. The Bertz CT molecular complexity index is 201. The molecule has 0 fully saturated rings. The molecule has 10 heavy (non-hydrogen) atoms. The van der Waals surface area contributed by atoms with Crippen molar-refractivity contribution in [3.8, 4) is 0 Å². The van der Waals surface area contributed by atoms with Crippen LogP contribution in [0.1, 0.15) is 6.42 Å². The third-order valence-corrected chi connectivity index (χ3v) is 1.25. The van der Waals surface area contributed by atoms with Crippen molar-refractivity contribution in [2.24, 2.45) is 5.73 Å². The number of hydrogen-bond acceptors (Lipinski definition) is 1. The number of rotatable bonds is 2. The van der Waals surface area contributed by atoms with Crippen LogP contribution in [0.25, 0.3) is 0 Å². The summed E-state index contributed by atoms with van der Waals surface area (Å²) in [4.78, 5) is 0. The first-order chi connectivity index (χ1) is 4.83. The minimum absolute atomic E-state index is 0.249. The van der Waals surface area contributed by atoms with Gasteiger partial charge in [-0.3, -0.25) is 0 Å². The zero-order valence-corrected chi connectivity index (χ0v) is 5.60. The van der Waals surface area contributed by atoms with Gasteiger partial charge in [-0.05, 0) is 6.54 Å². The molecule has 0 atom stereocenters. The molecule has 0 amide bonds. The van der Waals surface area contributed by atoms with Crippen LogP contribution in [0.5, 0.6) is 0 Å². The fraction of sp³-hybridized carbons (Fsp3) is 0.250. The second-order valence-electron chi connectivity index (χ2n) is 2.07. The monoisotopic (exact) mass is 138 g/mol. The highest BCUT2D eigenvalue weighted by Gasteiger charge is 2.06. The van der Waals surface area contributed by atoms with Crippen LogP contribution < -0.4 is 5.73 Å². The van der Waals surface area contributed by atoms with Crippen LogP contribution in [-0.4, -0.2) is 6.54 Å². The predicted octanol–water partition coefficient (Wildman–Crippen LogP) is 1.49. The number of hydrogen-bond donors (Lipinski definition) is 1. The summed E-state index contributed by atoms with van der Waals surface area (Å²) in [7, 11) is 0. The van der Waals surface area contributed by atoms with E-state index in [0.29, 0.717) is 6.54 Å². The van der Waals surface area contributed by atoms with E-state index in [9.17, 15) is 4.39 Å². The summed E-state index contributed by atoms with van der Waals surface area (Å²) < 4.78 is 12.3. The summed E-state index contributed by atoms with van der Waals surface area (Å²) in [5, 5.41) is 0. The zero-order valence-electron chi connectivity index (χ0n) is 5.60. The van der Waals surface area contributed by atoms with E-state index in [1.165, 1.54) is 12.2 Å². The van der Waals surface area contributed by atoms with Gasteiger partial charge in [-0.1, -0.05) is 0 Å². The quantitative estimate of drug-likeness (QED) is 0.575. The lowest BCUT2D eigenvalue weighted by Crippen LogP contribution is -1.99. The molecule has 1 aliphatic rings.